The highest BCUT2D eigenvalue weighted by atomic mass is 35.5. The predicted octanol–water partition coefficient (Wildman–Crippen LogP) is 4.73. The lowest BCUT2D eigenvalue weighted by atomic mass is 9.87. The highest BCUT2D eigenvalue weighted by molar-refractivity contribution is 6.31. The first-order chi connectivity index (χ1) is 8.58. The van der Waals surface area contributed by atoms with Crippen molar-refractivity contribution in [1.82, 2.24) is 0 Å². The molecule has 0 radical (unpaired) electrons. The number of rotatable bonds is 7. The zero-order chi connectivity index (χ0) is 13.5. The van der Waals surface area contributed by atoms with Gasteiger partial charge >= 0.3 is 0 Å². The summed E-state index contributed by atoms with van der Waals surface area (Å²) in [6.07, 6.45) is 5.75. The first-order valence-electron chi connectivity index (χ1n) is 7.09. The molecular formula is C16H26ClN. The van der Waals surface area contributed by atoms with Gasteiger partial charge in [0.1, 0.15) is 0 Å². The Labute approximate surface area is 117 Å². The summed E-state index contributed by atoms with van der Waals surface area (Å²) in [6.45, 7) is 6.52. The van der Waals surface area contributed by atoms with Crippen LogP contribution in [-0.4, -0.2) is 6.04 Å². The topological polar surface area (TPSA) is 26.0 Å². The van der Waals surface area contributed by atoms with Gasteiger partial charge in [0.15, 0.2) is 0 Å². The Hall–Kier alpha value is -0.530. The minimum atomic E-state index is 0.227. The van der Waals surface area contributed by atoms with Gasteiger partial charge in [0, 0.05) is 11.1 Å². The Bertz CT molecular complexity index is 356. The molecule has 0 spiro atoms. The standard InChI is InChI=1S/C16H26ClN/c1-4-6-13(7-5-2)16(18)11-14-9-8-12(3)10-15(14)17/h8-10,13,16H,4-7,11,18H2,1-3H3. The molecule has 1 aromatic rings. The van der Waals surface area contributed by atoms with Gasteiger partial charge in [-0.1, -0.05) is 50.4 Å². The molecule has 1 atom stereocenters. The molecule has 0 heterocycles. The lowest BCUT2D eigenvalue weighted by Gasteiger charge is -2.23. The summed E-state index contributed by atoms with van der Waals surface area (Å²) in [5.41, 5.74) is 8.76. The maximum Gasteiger partial charge on any atom is 0.0441 e. The lowest BCUT2D eigenvalue weighted by Crippen LogP contribution is -2.32. The normalized spacial score (nSPS) is 13.0. The Morgan fingerprint density at radius 2 is 1.78 bits per heavy atom. The van der Waals surface area contributed by atoms with Crippen molar-refractivity contribution in [2.75, 3.05) is 0 Å². The van der Waals surface area contributed by atoms with Crippen LogP contribution in [-0.2, 0) is 6.42 Å². The minimum Gasteiger partial charge on any atom is -0.327 e. The predicted molar refractivity (Wildman–Crippen MR) is 81.2 cm³/mol. The van der Waals surface area contributed by atoms with Crippen molar-refractivity contribution in [3.8, 4) is 0 Å². The van der Waals surface area contributed by atoms with Crippen LogP contribution in [0.1, 0.15) is 50.7 Å². The second-order valence-corrected chi connectivity index (χ2v) is 5.71. The molecule has 0 bridgehead atoms. The van der Waals surface area contributed by atoms with E-state index in [2.05, 4.69) is 32.9 Å². The van der Waals surface area contributed by atoms with E-state index in [1.807, 2.05) is 6.07 Å². The van der Waals surface area contributed by atoms with E-state index in [0.29, 0.717) is 5.92 Å². The molecule has 2 heteroatoms. The van der Waals surface area contributed by atoms with Crippen LogP contribution in [0.2, 0.25) is 5.02 Å². The molecule has 0 aliphatic heterocycles. The van der Waals surface area contributed by atoms with E-state index in [0.717, 1.165) is 11.4 Å². The fourth-order valence-corrected chi connectivity index (χ4v) is 2.86. The molecule has 1 unspecified atom stereocenters. The van der Waals surface area contributed by atoms with Gasteiger partial charge in [-0.2, -0.15) is 0 Å². The quantitative estimate of drug-likeness (QED) is 0.759. The Morgan fingerprint density at radius 3 is 2.28 bits per heavy atom. The Balaban J connectivity index is 2.69. The van der Waals surface area contributed by atoms with E-state index in [1.54, 1.807) is 0 Å². The first kappa shape index (κ1) is 15.5. The zero-order valence-corrected chi connectivity index (χ0v) is 12.6. The first-order valence-corrected chi connectivity index (χ1v) is 7.46. The van der Waals surface area contributed by atoms with Crippen LogP contribution in [0.25, 0.3) is 0 Å². The van der Waals surface area contributed by atoms with Crippen molar-refractivity contribution in [2.45, 2.75) is 58.9 Å². The average Bonchev–Trinajstić information content (AvgIpc) is 2.32. The molecule has 0 aliphatic carbocycles. The Kier molecular flexibility index (Phi) is 6.73. The highest BCUT2D eigenvalue weighted by Crippen LogP contribution is 2.23. The molecule has 0 aliphatic rings. The van der Waals surface area contributed by atoms with Gasteiger partial charge in [0.25, 0.3) is 0 Å². The van der Waals surface area contributed by atoms with Gasteiger partial charge in [-0.25, -0.2) is 0 Å². The van der Waals surface area contributed by atoms with Crippen molar-refractivity contribution in [3.05, 3.63) is 34.3 Å². The second kappa shape index (κ2) is 7.81. The van der Waals surface area contributed by atoms with Gasteiger partial charge in [0.05, 0.1) is 0 Å². The molecule has 1 aromatic carbocycles. The van der Waals surface area contributed by atoms with E-state index in [1.165, 1.54) is 36.8 Å². The van der Waals surface area contributed by atoms with Crippen LogP contribution in [0.3, 0.4) is 0 Å². The van der Waals surface area contributed by atoms with Gasteiger partial charge in [0.2, 0.25) is 0 Å². The number of hydrogen-bond acceptors (Lipinski definition) is 1. The van der Waals surface area contributed by atoms with Gasteiger partial charge in [-0.05, 0) is 49.3 Å². The fraction of sp³-hybridized carbons (Fsp3) is 0.625. The molecule has 0 saturated carbocycles. The average molecular weight is 268 g/mol. The summed E-state index contributed by atoms with van der Waals surface area (Å²) >= 11 is 6.28. The molecule has 0 fully saturated rings. The number of halogens is 1. The van der Waals surface area contributed by atoms with E-state index < -0.39 is 0 Å². The van der Waals surface area contributed by atoms with Crippen LogP contribution < -0.4 is 5.73 Å². The number of benzene rings is 1. The molecule has 0 amide bonds. The van der Waals surface area contributed by atoms with Crippen LogP contribution in [0, 0.1) is 12.8 Å². The molecule has 1 nitrogen and oxygen atoms in total. The van der Waals surface area contributed by atoms with E-state index in [9.17, 15) is 0 Å². The van der Waals surface area contributed by atoms with E-state index in [4.69, 9.17) is 17.3 Å². The molecule has 0 saturated heterocycles. The van der Waals surface area contributed by atoms with Crippen molar-refractivity contribution in [1.29, 1.82) is 0 Å². The van der Waals surface area contributed by atoms with Gasteiger partial charge in [-0.3, -0.25) is 0 Å². The summed E-state index contributed by atoms with van der Waals surface area (Å²) in [7, 11) is 0. The summed E-state index contributed by atoms with van der Waals surface area (Å²) < 4.78 is 0. The molecule has 1 rings (SSSR count). The van der Waals surface area contributed by atoms with Crippen LogP contribution in [0.15, 0.2) is 18.2 Å². The van der Waals surface area contributed by atoms with Crippen LogP contribution in [0.5, 0.6) is 0 Å². The maximum atomic E-state index is 6.37. The summed E-state index contributed by atoms with van der Waals surface area (Å²) in [4.78, 5) is 0. The highest BCUT2D eigenvalue weighted by Gasteiger charge is 2.17. The molecule has 2 N–H and O–H groups in total. The molecule has 18 heavy (non-hydrogen) atoms. The zero-order valence-electron chi connectivity index (χ0n) is 11.9. The summed E-state index contributed by atoms with van der Waals surface area (Å²) in [6, 6.07) is 6.48. The number of hydrogen-bond donors (Lipinski definition) is 1. The van der Waals surface area contributed by atoms with Crippen molar-refractivity contribution < 1.29 is 0 Å². The molecular weight excluding hydrogens is 242 g/mol. The summed E-state index contributed by atoms with van der Waals surface area (Å²) in [5.74, 6) is 0.623. The Morgan fingerprint density at radius 1 is 1.17 bits per heavy atom. The van der Waals surface area contributed by atoms with E-state index >= 15 is 0 Å². The van der Waals surface area contributed by atoms with Gasteiger partial charge < -0.3 is 5.73 Å². The van der Waals surface area contributed by atoms with Crippen LogP contribution in [0.4, 0.5) is 0 Å². The SMILES string of the molecule is CCCC(CCC)C(N)Cc1ccc(C)cc1Cl. The number of aryl methyl sites for hydroxylation is 1. The smallest absolute Gasteiger partial charge is 0.0441 e. The molecule has 102 valence electrons. The van der Waals surface area contributed by atoms with Gasteiger partial charge in [-0.15, -0.1) is 0 Å². The third-order valence-corrected chi connectivity index (χ3v) is 3.94. The second-order valence-electron chi connectivity index (χ2n) is 5.30. The minimum absolute atomic E-state index is 0.227. The maximum absolute atomic E-state index is 6.37. The fourth-order valence-electron chi connectivity index (χ4n) is 2.55. The lowest BCUT2D eigenvalue weighted by molar-refractivity contribution is 0.360. The number of nitrogens with two attached hydrogens (primary N) is 1. The third kappa shape index (κ3) is 4.62. The largest absolute Gasteiger partial charge is 0.327 e. The van der Waals surface area contributed by atoms with Crippen molar-refractivity contribution in [3.63, 3.8) is 0 Å². The molecule has 0 aromatic heterocycles. The van der Waals surface area contributed by atoms with Crippen LogP contribution >= 0.6 is 11.6 Å². The monoisotopic (exact) mass is 267 g/mol. The summed E-state index contributed by atoms with van der Waals surface area (Å²) in [5, 5.41) is 0.859. The third-order valence-electron chi connectivity index (χ3n) is 3.59. The van der Waals surface area contributed by atoms with Crippen molar-refractivity contribution >= 4 is 11.6 Å². The van der Waals surface area contributed by atoms with E-state index in [-0.39, 0.29) is 6.04 Å². The van der Waals surface area contributed by atoms with Crippen molar-refractivity contribution in [2.24, 2.45) is 11.7 Å².